The summed E-state index contributed by atoms with van der Waals surface area (Å²) in [4.78, 5) is 10.8. The van der Waals surface area contributed by atoms with E-state index in [1.165, 1.54) is 11.8 Å². The van der Waals surface area contributed by atoms with Crippen LogP contribution in [0.2, 0.25) is 0 Å². The summed E-state index contributed by atoms with van der Waals surface area (Å²) in [6.45, 7) is 2.04. The third-order valence-electron chi connectivity index (χ3n) is 2.09. The molecule has 0 unspecified atom stereocenters. The normalized spacial score (nSPS) is 15.5. The Morgan fingerprint density at radius 3 is 2.46 bits per heavy atom. The van der Waals surface area contributed by atoms with E-state index in [-0.39, 0.29) is 5.97 Å². The first-order valence-electron chi connectivity index (χ1n) is 4.21. The maximum absolute atomic E-state index is 10.8. The molecule has 0 amide bonds. The minimum Gasteiger partial charge on any atom is -0.434 e. The van der Waals surface area contributed by atoms with Gasteiger partial charge in [0.15, 0.2) is 0 Å². The van der Waals surface area contributed by atoms with Crippen molar-refractivity contribution in [2.75, 3.05) is 0 Å². The van der Waals surface area contributed by atoms with Crippen molar-refractivity contribution in [1.29, 1.82) is 0 Å². The van der Waals surface area contributed by atoms with Crippen LogP contribution in [-0.2, 0) is 9.53 Å². The molecular weight excluding hydrogens is 164 g/mol. The molecule has 66 valence electrons. The summed E-state index contributed by atoms with van der Waals surface area (Å²) in [6, 6.07) is 8.06. The highest BCUT2D eigenvalue weighted by molar-refractivity contribution is 5.89. The van der Waals surface area contributed by atoms with Crippen LogP contribution in [0.3, 0.4) is 0 Å². The number of hydrogen-bond acceptors (Lipinski definition) is 2. The van der Waals surface area contributed by atoms with E-state index in [0.717, 1.165) is 11.1 Å². The van der Waals surface area contributed by atoms with Gasteiger partial charge in [-0.2, -0.15) is 0 Å². The summed E-state index contributed by atoms with van der Waals surface area (Å²) in [5.41, 5.74) is 3.25. The third kappa shape index (κ3) is 1.61. The van der Waals surface area contributed by atoms with Gasteiger partial charge in [-0.1, -0.05) is 29.8 Å². The smallest absolute Gasteiger partial charge is 0.315 e. The zero-order valence-electron chi connectivity index (χ0n) is 7.41. The van der Waals surface area contributed by atoms with Gasteiger partial charge >= 0.3 is 5.97 Å². The first kappa shape index (κ1) is 8.05. The largest absolute Gasteiger partial charge is 0.434 e. The van der Waals surface area contributed by atoms with Gasteiger partial charge in [-0.3, -0.25) is 4.79 Å². The summed E-state index contributed by atoms with van der Waals surface area (Å²) in [5.74, 6) is -0.171. The minimum atomic E-state index is -0.171. The minimum absolute atomic E-state index is 0.171. The molecule has 2 heteroatoms. The molecule has 13 heavy (non-hydrogen) atoms. The van der Waals surface area contributed by atoms with Gasteiger partial charge in [0.05, 0.1) is 12.7 Å². The fourth-order valence-corrected chi connectivity index (χ4v) is 1.31. The molecule has 2 rings (SSSR count). The SMILES string of the molecule is Cc1ccc(C2=COC(=O)C2)cc1. The molecule has 1 aromatic carbocycles. The highest BCUT2D eigenvalue weighted by Crippen LogP contribution is 2.23. The van der Waals surface area contributed by atoms with Crippen LogP contribution < -0.4 is 0 Å². The predicted molar refractivity (Wildman–Crippen MR) is 49.9 cm³/mol. The number of aryl methyl sites for hydroxylation is 1. The molecule has 0 radical (unpaired) electrons. The first-order valence-corrected chi connectivity index (χ1v) is 4.21. The Morgan fingerprint density at radius 1 is 1.23 bits per heavy atom. The van der Waals surface area contributed by atoms with Gasteiger partial charge in [-0.05, 0) is 12.5 Å². The molecule has 2 nitrogen and oxygen atoms in total. The van der Waals surface area contributed by atoms with E-state index in [9.17, 15) is 4.79 Å². The molecule has 0 aromatic heterocycles. The van der Waals surface area contributed by atoms with Crippen molar-refractivity contribution in [3.05, 3.63) is 41.7 Å². The Morgan fingerprint density at radius 2 is 1.92 bits per heavy atom. The maximum atomic E-state index is 10.8. The molecule has 0 fully saturated rings. The maximum Gasteiger partial charge on any atom is 0.315 e. The molecule has 1 aliphatic heterocycles. The molecule has 0 aliphatic carbocycles. The topological polar surface area (TPSA) is 26.3 Å². The van der Waals surface area contributed by atoms with Crippen LogP contribution in [-0.4, -0.2) is 5.97 Å². The molecule has 0 saturated heterocycles. The van der Waals surface area contributed by atoms with Crippen LogP contribution in [0.15, 0.2) is 30.5 Å². The van der Waals surface area contributed by atoms with E-state index in [2.05, 4.69) is 0 Å². The van der Waals surface area contributed by atoms with E-state index in [0.29, 0.717) is 6.42 Å². The Kier molecular flexibility index (Phi) is 1.89. The van der Waals surface area contributed by atoms with Crippen LogP contribution in [0.1, 0.15) is 17.5 Å². The second kappa shape index (κ2) is 3.05. The average molecular weight is 174 g/mol. The number of cyclic esters (lactones) is 1. The van der Waals surface area contributed by atoms with Gasteiger partial charge in [-0.15, -0.1) is 0 Å². The van der Waals surface area contributed by atoms with Crippen LogP contribution >= 0.6 is 0 Å². The van der Waals surface area contributed by atoms with Gasteiger partial charge in [0, 0.05) is 5.57 Å². The van der Waals surface area contributed by atoms with E-state index in [4.69, 9.17) is 4.74 Å². The van der Waals surface area contributed by atoms with E-state index in [1.54, 1.807) is 0 Å². The van der Waals surface area contributed by atoms with Crippen LogP contribution in [0.25, 0.3) is 5.57 Å². The van der Waals surface area contributed by atoms with Gasteiger partial charge in [-0.25, -0.2) is 0 Å². The van der Waals surface area contributed by atoms with Gasteiger partial charge in [0.1, 0.15) is 0 Å². The van der Waals surface area contributed by atoms with Crippen molar-refractivity contribution in [3.63, 3.8) is 0 Å². The Balaban J connectivity index is 2.27. The van der Waals surface area contributed by atoms with Crippen molar-refractivity contribution in [2.24, 2.45) is 0 Å². The highest BCUT2D eigenvalue weighted by atomic mass is 16.5. The summed E-state index contributed by atoms with van der Waals surface area (Å²) in [5, 5.41) is 0. The van der Waals surface area contributed by atoms with Crippen LogP contribution in [0, 0.1) is 6.92 Å². The number of carbonyl (C=O) groups excluding carboxylic acids is 1. The average Bonchev–Trinajstić information content (AvgIpc) is 2.53. The number of carbonyl (C=O) groups is 1. The van der Waals surface area contributed by atoms with Gasteiger partial charge in [0.25, 0.3) is 0 Å². The zero-order valence-corrected chi connectivity index (χ0v) is 7.41. The van der Waals surface area contributed by atoms with E-state index in [1.807, 2.05) is 31.2 Å². The van der Waals surface area contributed by atoms with Crippen molar-refractivity contribution in [3.8, 4) is 0 Å². The molecule has 0 bridgehead atoms. The lowest BCUT2D eigenvalue weighted by Crippen LogP contribution is -1.90. The molecule has 1 aromatic rings. The number of benzene rings is 1. The number of hydrogen-bond donors (Lipinski definition) is 0. The first-order chi connectivity index (χ1) is 6.25. The summed E-state index contributed by atoms with van der Waals surface area (Å²) in [7, 11) is 0. The Bertz CT molecular complexity index is 360. The second-order valence-corrected chi connectivity index (χ2v) is 3.18. The summed E-state index contributed by atoms with van der Waals surface area (Å²) >= 11 is 0. The van der Waals surface area contributed by atoms with Crippen LogP contribution in [0.5, 0.6) is 0 Å². The van der Waals surface area contributed by atoms with Crippen molar-refractivity contribution < 1.29 is 9.53 Å². The van der Waals surface area contributed by atoms with E-state index >= 15 is 0 Å². The lowest BCUT2D eigenvalue weighted by molar-refractivity contribution is -0.135. The molecule has 1 heterocycles. The van der Waals surface area contributed by atoms with Crippen molar-refractivity contribution >= 4 is 11.5 Å². The number of esters is 1. The Hall–Kier alpha value is -1.57. The second-order valence-electron chi connectivity index (χ2n) is 3.18. The van der Waals surface area contributed by atoms with Gasteiger partial charge in [0.2, 0.25) is 0 Å². The fraction of sp³-hybridized carbons (Fsp3) is 0.182. The summed E-state index contributed by atoms with van der Waals surface area (Å²) in [6.07, 6.45) is 1.93. The third-order valence-corrected chi connectivity index (χ3v) is 2.09. The molecule has 0 atom stereocenters. The van der Waals surface area contributed by atoms with E-state index < -0.39 is 0 Å². The molecule has 0 spiro atoms. The lowest BCUT2D eigenvalue weighted by Gasteiger charge is -1.98. The molecular formula is C11H10O2. The molecule has 0 N–H and O–H groups in total. The Labute approximate surface area is 76.8 Å². The standard InChI is InChI=1S/C11H10O2/c1-8-2-4-9(5-3-8)10-6-11(12)13-7-10/h2-5,7H,6H2,1H3. The van der Waals surface area contributed by atoms with Crippen molar-refractivity contribution in [2.45, 2.75) is 13.3 Å². The van der Waals surface area contributed by atoms with Crippen LogP contribution in [0.4, 0.5) is 0 Å². The fourth-order valence-electron chi connectivity index (χ4n) is 1.31. The lowest BCUT2D eigenvalue weighted by atomic mass is 10.0. The molecule has 0 saturated carbocycles. The predicted octanol–water partition coefficient (Wildman–Crippen LogP) is 2.28. The van der Waals surface area contributed by atoms with Gasteiger partial charge < -0.3 is 4.74 Å². The monoisotopic (exact) mass is 174 g/mol. The zero-order chi connectivity index (χ0) is 9.26. The molecule has 1 aliphatic rings. The number of rotatable bonds is 1. The summed E-state index contributed by atoms with van der Waals surface area (Å²) < 4.78 is 4.75. The number of ether oxygens (including phenoxy) is 1. The highest BCUT2D eigenvalue weighted by Gasteiger charge is 2.15. The quantitative estimate of drug-likeness (QED) is 0.610. The van der Waals surface area contributed by atoms with Crippen molar-refractivity contribution in [1.82, 2.24) is 0 Å².